The number of carbonyl (C=O) groups excluding carboxylic acids is 2. The molecule has 0 bridgehead atoms. The molecule has 210 valence electrons. The number of methoxy groups -OCH3 is 1. The lowest BCUT2D eigenvalue weighted by Crippen LogP contribution is -2.50. The first-order valence-electron chi connectivity index (χ1n) is 12.4. The molecule has 3 heterocycles. The van der Waals surface area contributed by atoms with Crippen molar-refractivity contribution in [1.29, 1.82) is 0 Å². The smallest absolute Gasteiger partial charge is 0.272 e. The van der Waals surface area contributed by atoms with Crippen LogP contribution >= 0.6 is 0 Å². The van der Waals surface area contributed by atoms with Crippen molar-refractivity contribution in [2.75, 3.05) is 31.8 Å². The van der Waals surface area contributed by atoms with Crippen molar-refractivity contribution in [3.8, 4) is 17.0 Å². The zero-order chi connectivity index (χ0) is 30.9. The molecule has 0 fully saturated rings. The highest BCUT2D eigenvalue weighted by molar-refractivity contribution is 6.60. The summed E-state index contributed by atoms with van der Waals surface area (Å²) < 4.78 is 23.7. The van der Waals surface area contributed by atoms with Crippen LogP contribution in [0.15, 0.2) is 30.3 Å². The molecule has 3 N–H and O–H groups in total. The lowest BCUT2D eigenvalue weighted by Gasteiger charge is -2.23. The van der Waals surface area contributed by atoms with E-state index in [0.29, 0.717) is 5.82 Å². The van der Waals surface area contributed by atoms with Gasteiger partial charge in [-0.15, -0.1) is 10.2 Å². The Balaban J connectivity index is 1.80. The summed E-state index contributed by atoms with van der Waals surface area (Å²) in [6, 6.07) is 7.14. The summed E-state index contributed by atoms with van der Waals surface area (Å²) >= 11 is 0. The number of hydrogen-bond acceptors (Lipinski definition) is 9. The Labute approximate surface area is 245 Å². The maximum atomic E-state index is 15.0. The lowest BCUT2D eigenvalue weighted by molar-refractivity contribution is 0.0816. The molecule has 0 saturated carbocycles. The van der Waals surface area contributed by atoms with Gasteiger partial charge in [-0.1, -0.05) is 5.24 Å². The standard InChI is InChI=1S/C25H26B3FN10O3/c1-12-7-20(36-38(12)4)31-19-11-16(21(34-33-19)23(40)32-25(26,27)28)30-17-9-13(29)8-14(22(17)42-6)15-10-18(39(5)35-15)24(41)37(2)3/h7-11H,1-6H3,(H,32,40)(H2,30,31,33,36). The summed E-state index contributed by atoms with van der Waals surface area (Å²) in [6.45, 7) is 1.87. The molecule has 17 heteroatoms. The number of rotatable bonds is 9. The number of anilines is 4. The Morgan fingerprint density at radius 1 is 0.952 bits per heavy atom. The van der Waals surface area contributed by atoms with E-state index in [-0.39, 0.29) is 51.5 Å². The minimum atomic E-state index is -2.05. The highest BCUT2D eigenvalue weighted by Gasteiger charge is 2.24. The zero-order valence-corrected chi connectivity index (χ0v) is 23.9. The second kappa shape index (κ2) is 11.6. The molecule has 0 aliphatic carbocycles. The molecule has 0 aliphatic heterocycles. The van der Waals surface area contributed by atoms with Crippen LogP contribution in [0.25, 0.3) is 11.3 Å². The van der Waals surface area contributed by atoms with Crippen LogP contribution in [0.1, 0.15) is 26.7 Å². The van der Waals surface area contributed by atoms with Crippen LogP contribution in [0.3, 0.4) is 0 Å². The average molecular weight is 566 g/mol. The normalized spacial score (nSPS) is 11.2. The van der Waals surface area contributed by atoms with Gasteiger partial charge in [-0.25, -0.2) is 4.39 Å². The minimum Gasteiger partial charge on any atom is -0.494 e. The van der Waals surface area contributed by atoms with E-state index < -0.39 is 17.0 Å². The predicted octanol–water partition coefficient (Wildman–Crippen LogP) is 1.10. The zero-order valence-electron chi connectivity index (χ0n) is 23.9. The van der Waals surface area contributed by atoms with Crippen LogP contribution in [0.4, 0.5) is 27.4 Å². The third kappa shape index (κ3) is 6.56. The molecule has 0 unspecified atom stereocenters. The van der Waals surface area contributed by atoms with E-state index in [1.807, 2.05) is 6.92 Å². The summed E-state index contributed by atoms with van der Waals surface area (Å²) in [5.74, 6) is -0.950. The SMILES string of the molecule is [B]C([B])([B])NC(=O)c1nnc(Nc2cc(C)n(C)n2)cc1Nc1cc(F)cc(-c2cc(C(=O)N(C)C)n(C)n2)c1OC. The number of nitrogens with zero attached hydrogens (tertiary/aromatic N) is 7. The number of halogens is 1. The van der Waals surface area contributed by atoms with E-state index >= 15 is 4.39 Å². The molecule has 6 radical (unpaired) electrons. The van der Waals surface area contributed by atoms with Crippen molar-refractivity contribution in [3.63, 3.8) is 0 Å². The van der Waals surface area contributed by atoms with E-state index in [2.05, 4.69) is 36.3 Å². The predicted molar refractivity (Wildman–Crippen MR) is 157 cm³/mol. The van der Waals surface area contributed by atoms with Crippen LogP contribution in [-0.2, 0) is 14.1 Å². The van der Waals surface area contributed by atoms with Crippen LogP contribution in [0, 0.1) is 12.7 Å². The second-order valence-electron chi connectivity index (χ2n) is 9.70. The first-order valence-corrected chi connectivity index (χ1v) is 12.4. The summed E-state index contributed by atoms with van der Waals surface area (Å²) in [6.07, 6.45) is 0. The lowest BCUT2D eigenvalue weighted by atomic mass is 9.49. The van der Waals surface area contributed by atoms with E-state index in [9.17, 15) is 9.59 Å². The molecular formula is C25H26B3FN10O3. The van der Waals surface area contributed by atoms with Crippen LogP contribution in [-0.4, -0.2) is 96.5 Å². The largest absolute Gasteiger partial charge is 0.494 e. The summed E-state index contributed by atoms with van der Waals surface area (Å²) in [5.41, 5.74) is 1.61. The average Bonchev–Trinajstić information content (AvgIpc) is 3.42. The molecule has 3 aromatic heterocycles. The maximum Gasteiger partial charge on any atom is 0.272 e. The number of carbonyl (C=O) groups is 2. The number of amides is 2. The molecule has 1 aromatic carbocycles. The van der Waals surface area contributed by atoms with Crippen LogP contribution in [0.2, 0.25) is 0 Å². The molecule has 42 heavy (non-hydrogen) atoms. The van der Waals surface area contributed by atoms with Crippen molar-refractivity contribution < 1.29 is 18.7 Å². The maximum absolute atomic E-state index is 15.0. The minimum absolute atomic E-state index is 0.0706. The van der Waals surface area contributed by atoms with E-state index in [1.54, 1.807) is 38.9 Å². The molecule has 4 aromatic rings. The number of aryl methyl sites for hydroxylation is 3. The molecular weight excluding hydrogens is 540 g/mol. The van der Waals surface area contributed by atoms with Crippen molar-refractivity contribution >= 4 is 58.4 Å². The van der Waals surface area contributed by atoms with Gasteiger partial charge in [0.1, 0.15) is 11.5 Å². The first kappa shape index (κ1) is 30.2. The fourth-order valence-electron chi connectivity index (χ4n) is 3.99. The molecule has 0 atom stereocenters. The number of hydrogen-bond donors (Lipinski definition) is 3. The van der Waals surface area contributed by atoms with E-state index in [4.69, 9.17) is 28.3 Å². The van der Waals surface area contributed by atoms with Gasteiger partial charge in [0.25, 0.3) is 11.8 Å². The Morgan fingerprint density at radius 2 is 1.67 bits per heavy atom. The Morgan fingerprint density at radius 3 is 2.26 bits per heavy atom. The Kier molecular flexibility index (Phi) is 8.32. The second-order valence-corrected chi connectivity index (χ2v) is 9.70. The van der Waals surface area contributed by atoms with Crippen LogP contribution in [0.5, 0.6) is 5.75 Å². The third-order valence-electron chi connectivity index (χ3n) is 6.02. The van der Waals surface area contributed by atoms with Crippen LogP contribution < -0.4 is 20.7 Å². The van der Waals surface area contributed by atoms with Gasteiger partial charge in [0.2, 0.25) is 0 Å². The van der Waals surface area contributed by atoms with Crippen molar-refractivity contribution in [2.24, 2.45) is 14.1 Å². The molecule has 2 amide bonds. The topological polar surface area (TPSA) is 144 Å². The van der Waals surface area contributed by atoms with Gasteiger partial charge in [-0.3, -0.25) is 19.0 Å². The third-order valence-corrected chi connectivity index (χ3v) is 6.02. The fourth-order valence-corrected chi connectivity index (χ4v) is 3.99. The fraction of sp³-hybridized carbons (Fsp3) is 0.280. The van der Waals surface area contributed by atoms with Gasteiger partial charge in [-0.2, -0.15) is 10.2 Å². The van der Waals surface area contributed by atoms with Crippen molar-refractivity contribution in [3.05, 3.63) is 53.2 Å². The molecule has 0 saturated heterocycles. The van der Waals surface area contributed by atoms with E-state index in [0.717, 1.165) is 11.8 Å². The van der Waals surface area contributed by atoms with Gasteiger partial charge in [-0.05, 0) is 19.1 Å². The summed E-state index contributed by atoms with van der Waals surface area (Å²) in [4.78, 5) is 27.0. The molecule has 0 spiro atoms. The number of aromatic nitrogens is 6. The number of ether oxygens (including phenoxy) is 1. The summed E-state index contributed by atoms with van der Waals surface area (Å²) in [7, 11) is 24.6. The quantitative estimate of drug-likeness (QED) is 0.254. The van der Waals surface area contributed by atoms with Gasteiger partial charge < -0.3 is 25.6 Å². The first-order chi connectivity index (χ1) is 19.7. The van der Waals surface area contributed by atoms with Gasteiger partial charge >= 0.3 is 0 Å². The Bertz CT molecular complexity index is 1650. The highest BCUT2D eigenvalue weighted by atomic mass is 19.1. The molecule has 4 rings (SSSR count). The van der Waals surface area contributed by atoms with Crippen molar-refractivity contribution in [1.82, 2.24) is 40.0 Å². The Hall–Kier alpha value is -4.82. The number of benzene rings is 1. The summed E-state index contributed by atoms with van der Waals surface area (Å²) in [5, 5.41) is 22.9. The van der Waals surface area contributed by atoms with Gasteiger partial charge in [0.15, 0.2) is 23.1 Å². The van der Waals surface area contributed by atoms with Crippen molar-refractivity contribution in [2.45, 2.75) is 12.2 Å². The van der Waals surface area contributed by atoms with E-state index in [1.165, 1.54) is 34.9 Å². The molecule has 0 aliphatic rings. The molecule has 13 nitrogen and oxygen atoms in total. The number of nitrogens with one attached hydrogen (secondary N) is 3. The highest BCUT2D eigenvalue weighted by Crippen LogP contribution is 2.39. The van der Waals surface area contributed by atoms with Gasteiger partial charge in [0, 0.05) is 57.6 Å². The monoisotopic (exact) mass is 566 g/mol. The van der Waals surface area contributed by atoms with Gasteiger partial charge in [0.05, 0.1) is 47.7 Å².